The van der Waals surface area contributed by atoms with Crippen LogP contribution >= 0.6 is 27.5 Å². The lowest BCUT2D eigenvalue weighted by Crippen LogP contribution is -2.28. The van der Waals surface area contributed by atoms with Crippen LogP contribution < -0.4 is 11.1 Å². The lowest BCUT2D eigenvalue weighted by atomic mass is 10.0. The molecule has 0 aliphatic heterocycles. The van der Waals surface area contributed by atoms with Gasteiger partial charge < -0.3 is 11.1 Å². The summed E-state index contributed by atoms with van der Waals surface area (Å²) < 4.78 is 1.01. The molecule has 0 saturated heterocycles. The Morgan fingerprint density at radius 2 is 1.95 bits per heavy atom. The molecular formula is C16H16BrClN2O. The molecule has 0 heterocycles. The van der Waals surface area contributed by atoms with Gasteiger partial charge in [0, 0.05) is 20.7 Å². The third-order valence-electron chi connectivity index (χ3n) is 3.17. The van der Waals surface area contributed by atoms with Crippen molar-refractivity contribution in [1.82, 2.24) is 5.32 Å². The van der Waals surface area contributed by atoms with E-state index >= 15 is 0 Å². The highest BCUT2D eigenvalue weighted by molar-refractivity contribution is 9.10. The maximum absolute atomic E-state index is 12.3. The van der Waals surface area contributed by atoms with Gasteiger partial charge in [-0.3, -0.25) is 4.79 Å². The van der Waals surface area contributed by atoms with Gasteiger partial charge in [-0.15, -0.1) is 0 Å². The van der Waals surface area contributed by atoms with Crippen LogP contribution in [-0.4, -0.2) is 5.91 Å². The lowest BCUT2D eigenvalue weighted by Gasteiger charge is -2.18. The minimum atomic E-state index is -0.182. The van der Waals surface area contributed by atoms with Crippen molar-refractivity contribution in [1.29, 1.82) is 0 Å². The molecule has 0 saturated carbocycles. The molecule has 2 aromatic rings. The zero-order valence-electron chi connectivity index (χ0n) is 11.6. The lowest BCUT2D eigenvalue weighted by molar-refractivity contribution is 0.0935. The van der Waals surface area contributed by atoms with Crippen LogP contribution in [0.2, 0.25) is 5.02 Å². The first-order valence-corrected chi connectivity index (χ1v) is 7.79. The van der Waals surface area contributed by atoms with Crippen LogP contribution in [0.4, 0.5) is 5.69 Å². The molecule has 110 valence electrons. The molecule has 5 heteroatoms. The second-order valence-corrected chi connectivity index (χ2v) is 6.11. The Kier molecular flexibility index (Phi) is 5.26. The van der Waals surface area contributed by atoms with Crippen LogP contribution in [0.5, 0.6) is 0 Å². The summed E-state index contributed by atoms with van der Waals surface area (Å²) in [6.45, 7) is 2.03. The van der Waals surface area contributed by atoms with E-state index in [9.17, 15) is 4.79 Å². The average molecular weight is 368 g/mol. The van der Waals surface area contributed by atoms with Gasteiger partial charge in [-0.1, -0.05) is 46.6 Å². The monoisotopic (exact) mass is 366 g/mol. The van der Waals surface area contributed by atoms with Gasteiger partial charge in [-0.05, 0) is 42.3 Å². The second kappa shape index (κ2) is 6.96. The van der Waals surface area contributed by atoms with E-state index in [-0.39, 0.29) is 11.9 Å². The van der Waals surface area contributed by atoms with Gasteiger partial charge >= 0.3 is 0 Å². The van der Waals surface area contributed by atoms with Crippen LogP contribution in [0.1, 0.15) is 35.3 Å². The smallest absolute Gasteiger partial charge is 0.251 e. The van der Waals surface area contributed by atoms with Crippen molar-refractivity contribution in [2.24, 2.45) is 0 Å². The maximum atomic E-state index is 12.3. The Labute approximate surface area is 137 Å². The summed E-state index contributed by atoms with van der Waals surface area (Å²) in [6.07, 6.45) is 0.795. The van der Waals surface area contributed by atoms with Crippen LogP contribution in [0.15, 0.2) is 46.9 Å². The number of halogens is 2. The van der Waals surface area contributed by atoms with Crippen molar-refractivity contribution in [3.63, 3.8) is 0 Å². The van der Waals surface area contributed by atoms with Crippen LogP contribution in [-0.2, 0) is 0 Å². The molecular weight excluding hydrogens is 352 g/mol. The van der Waals surface area contributed by atoms with E-state index in [0.717, 1.165) is 16.5 Å². The molecule has 1 amide bonds. The number of benzene rings is 2. The number of carbonyl (C=O) groups is 1. The van der Waals surface area contributed by atoms with Gasteiger partial charge in [0.2, 0.25) is 0 Å². The molecule has 21 heavy (non-hydrogen) atoms. The molecule has 0 spiro atoms. The average Bonchev–Trinajstić information content (AvgIpc) is 2.44. The molecule has 0 radical (unpaired) electrons. The molecule has 2 rings (SSSR count). The molecule has 0 aliphatic rings. The summed E-state index contributed by atoms with van der Waals surface area (Å²) in [4.78, 5) is 12.3. The minimum absolute atomic E-state index is 0.0502. The second-order valence-electron chi connectivity index (χ2n) is 4.76. The topological polar surface area (TPSA) is 55.1 Å². The molecule has 0 fully saturated rings. The third-order valence-corrected chi connectivity index (χ3v) is 3.92. The summed E-state index contributed by atoms with van der Waals surface area (Å²) >= 11 is 9.34. The number of hydrogen-bond donors (Lipinski definition) is 2. The van der Waals surface area contributed by atoms with Crippen molar-refractivity contribution in [3.8, 4) is 0 Å². The number of nitrogens with one attached hydrogen (secondary N) is 1. The zero-order valence-corrected chi connectivity index (χ0v) is 13.9. The van der Waals surface area contributed by atoms with Gasteiger partial charge in [0.15, 0.2) is 0 Å². The highest BCUT2D eigenvalue weighted by Crippen LogP contribution is 2.21. The van der Waals surface area contributed by atoms with E-state index in [4.69, 9.17) is 17.3 Å². The van der Waals surface area contributed by atoms with Crippen LogP contribution in [0.25, 0.3) is 0 Å². The van der Waals surface area contributed by atoms with Crippen molar-refractivity contribution in [2.75, 3.05) is 5.73 Å². The molecule has 0 aliphatic carbocycles. The Bertz CT molecular complexity index is 623. The SMILES string of the molecule is CCC(NC(=O)c1cc(N)cc(Cl)c1)c1ccc(Br)cc1. The molecule has 2 aromatic carbocycles. The third kappa shape index (κ3) is 4.22. The van der Waals surface area contributed by atoms with E-state index in [1.54, 1.807) is 18.2 Å². The Hall–Kier alpha value is -1.52. The Morgan fingerprint density at radius 1 is 1.29 bits per heavy atom. The maximum Gasteiger partial charge on any atom is 0.251 e. The number of amides is 1. The summed E-state index contributed by atoms with van der Waals surface area (Å²) in [5.74, 6) is -0.182. The van der Waals surface area contributed by atoms with Crippen LogP contribution in [0, 0.1) is 0 Å². The highest BCUT2D eigenvalue weighted by atomic mass is 79.9. The van der Waals surface area contributed by atoms with Crippen molar-refractivity contribution in [2.45, 2.75) is 19.4 Å². The minimum Gasteiger partial charge on any atom is -0.399 e. The van der Waals surface area contributed by atoms with Crippen molar-refractivity contribution in [3.05, 3.63) is 63.1 Å². The molecule has 1 unspecified atom stereocenters. The van der Waals surface area contributed by atoms with E-state index in [1.807, 2.05) is 31.2 Å². The number of nitrogens with two attached hydrogens (primary N) is 1. The van der Waals surface area contributed by atoms with E-state index in [0.29, 0.717) is 16.3 Å². The van der Waals surface area contributed by atoms with Gasteiger partial charge in [-0.25, -0.2) is 0 Å². The Morgan fingerprint density at radius 3 is 2.52 bits per heavy atom. The van der Waals surface area contributed by atoms with Gasteiger partial charge in [0.1, 0.15) is 0 Å². The van der Waals surface area contributed by atoms with Gasteiger partial charge in [-0.2, -0.15) is 0 Å². The summed E-state index contributed by atoms with van der Waals surface area (Å²) in [6, 6.07) is 12.7. The fourth-order valence-electron chi connectivity index (χ4n) is 2.10. The van der Waals surface area contributed by atoms with E-state index in [1.165, 1.54) is 0 Å². The van der Waals surface area contributed by atoms with Gasteiger partial charge in [0.05, 0.1) is 6.04 Å². The summed E-state index contributed by atoms with van der Waals surface area (Å²) in [5, 5.41) is 3.46. The zero-order chi connectivity index (χ0) is 15.4. The van der Waals surface area contributed by atoms with E-state index < -0.39 is 0 Å². The quantitative estimate of drug-likeness (QED) is 0.778. The number of carbonyl (C=O) groups excluding carboxylic acids is 1. The summed E-state index contributed by atoms with van der Waals surface area (Å²) in [5.41, 5.74) is 7.72. The number of anilines is 1. The van der Waals surface area contributed by atoms with Crippen molar-refractivity contribution < 1.29 is 4.79 Å². The first-order valence-electron chi connectivity index (χ1n) is 6.62. The highest BCUT2D eigenvalue weighted by Gasteiger charge is 2.14. The first-order chi connectivity index (χ1) is 9.99. The number of nitrogen functional groups attached to an aromatic ring is 1. The first kappa shape index (κ1) is 15.9. The summed E-state index contributed by atoms with van der Waals surface area (Å²) in [7, 11) is 0. The molecule has 0 aromatic heterocycles. The van der Waals surface area contributed by atoms with E-state index in [2.05, 4.69) is 21.2 Å². The largest absolute Gasteiger partial charge is 0.399 e. The Balaban J connectivity index is 2.18. The molecule has 3 N–H and O–H groups in total. The molecule has 0 bridgehead atoms. The fraction of sp³-hybridized carbons (Fsp3) is 0.188. The van der Waals surface area contributed by atoms with Gasteiger partial charge in [0.25, 0.3) is 5.91 Å². The van der Waals surface area contributed by atoms with Crippen molar-refractivity contribution >= 4 is 39.1 Å². The van der Waals surface area contributed by atoms with Crippen LogP contribution in [0.3, 0.4) is 0 Å². The normalized spacial score (nSPS) is 12.0. The predicted octanol–water partition coefficient (Wildman–Crippen LogP) is 4.57. The predicted molar refractivity (Wildman–Crippen MR) is 90.5 cm³/mol. The molecule has 3 nitrogen and oxygen atoms in total. The molecule has 1 atom stereocenters. The fourth-order valence-corrected chi connectivity index (χ4v) is 2.61. The number of hydrogen-bond acceptors (Lipinski definition) is 2. The standard InChI is InChI=1S/C16H16BrClN2O/c1-2-15(10-3-5-12(17)6-4-10)20-16(21)11-7-13(18)9-14(19)8-11/h3-9,15H,2,19H2,1H3,(H,20,21). The number of rotatable bonds is 4.